The summed E-state index contributed by atoms with van der Waals surface area (Å²) in [4.78, 5) is 16.1. The van der Waals surface area contributed by atoms with Crippen LogP contribution in [0.15, 0.2) is 54.6 Å². The molecule has 0 saturated heterocycles. The van der Waals surface area contributed by atoms with Crippen molar-refractivity contribution in [1.29, 1.82) is 0 Å². The number of halogens is 1. The molecule has 128 valence electrons. The van der Waals surface area contributed by atoms with Crippen molar-refractivity contribution in [3.05, 3.63) is 70.9 Å². The Morgan fingerprint density at radius 1 is 1.12 bits per heavy atom. The maximum atomic E-state index is 11.5. The van der Waals surface area contributed by atoms with Gasteiger partial charge < -0.3 is 9.47 Å². The summed E-state index contributed by atoms with van der Waals surface area (Å²) in [5.41, 5.74) is 2.55. The molecule has 0 bridgehead atoms. The lowest BCUT2D eigenvalue weighted by Crippen LogP contribution is -2.07. The zero-order valence-corrected chi connectivity index (χ0v) is 14.6. The van der Waals surface area contributed by atoms with Crippen LogP contribution in [0.2, 0.25) is 5.02 Å². The van der Waals surface area contributed by atoms with Gasteiger partial charge in [-0.3, -0.25) is 4.79 Å². The molecule has 3 aromatic rings. The second-order valence-corrected chi connectivity index (χ2v) is 5.94. The van der Waals surface area contributed by atoms with Crippen molar-refractivity contribution in [3.8, 4) is 5.75 Å². The molecule has 0 spiro atoms. The van der Waals surface area contributed by atoms with Crippen molar-refractivity contribution in [2.75, 3.05) is 6.61 Å². The van der Waals surface area contributed by atoms with Crippen LogP contribution in [-0.4, -0.2) is 17.6 Å². The lowest BCUT2D eigenvalue weighted by atomic mass is 10.1. The van der Waals surface area contributed by atoms with E-state index < -0.39 is 0 Å². The summed E-state index contributed by atoms with van der Waals surface area (Å²) in [5.74, 6) is 0.289. The topological polar surface area (TPSA) is 48.4 Å². The Labute approximate surface area is 151 Å². The summed E-state index contributed by atoms with van der Waals surface area (Å²) in [7, 11) is 0. The van der Waals surface area contributed by atoms with Crippen LogP contribution in [0, 0.1) is 0 Å². The fraction of sp³-hybridized carbons (Fsp3) is 0.200. The van der Waals surface area contributed by atoms with Crippen LogP contribution in [0.3, 0.4) is 0 Å². The molecule has 0 N–H and O–H groups in total. The van der Waals surface area contributed by atoms with Gasteiger partial charge in [-0.15, -0.1) is 0 Å². The Morgan fingerprint density at radius 3 is 2.76 bits per heavy atom. The molecule has 0 aliphatic rings. The maximum Gasteiger partial charge on any atom is 0.310 e. The molecule has 0 aliphatic heterocycles. The molecule has 0 aliphatic carbocycles. The van der Waals surface area contributed by atoms with Crippen molar-refractivity contribution in [3.63, 3.8) is 0 Å². The molecule has 1 aromatic heterocycles. The van der Waals surface area contributed by atoms with Crippen LogP contribution in [0.4, 0.5) is 0 Å². The van der Waals surface area contributed by atoms with Crippen molar-refractivity contribution >= 4 is 28.5 Å². The van der Waals surface area contributed by atoms with Crippen LogP contribution in [-0.2, 0) is 22.6 Å². The third kappa shape index (κ3) is 4.48. The van der Waals surface area contributed by atoms with E-state index in [2.05, 4.69) is 4.98 Å². The summed E-state index contributed by atoms with van der Waals surface area (Å²) in [6.45, 7) is 2.47. The van der Waals surface area contributed by atoms with Crippen molar-refractivity contribution < 1.29 is 14.3 Å². The molecule has 0 amide bonds. The molecule has 5 heteroatoms. The Hall–Kier alpha value is -2.59. The lowest BCUT2D eigenvalue weighted by Gasteiger charge is -2.10. The van der Waals surface area contributed by atoms with E-state index in [1.165, 1.54) is 0 Å². The van der Waals surface area contributed by atoms with Gasteiger partial charge in [0.25, 0.3) is 0 Å². The van der Waals surface area contributed by atoms with Gasteiger partial charge in [-0.2, -0.15) is 0 Å². The average molecular weight is 356 g/mol. The van der Waals surface area contributed by atoms with E-state index in [9.17, 15) is 4.79 Å². The molecule has 0 fully saturated rings. The monoisotopic (exact) mass is 355 g/mol. The van der Waals surface area contributed by atoms with Gasteiger partial charge in [-0.05, 0) is 36.8 Å². The third-order valence-corrected chi connectivity index (χ3v) is 3.98. The van der Waals surface area contributed by atoms with Crippen molar-refractivity contribution in [2.24, 2.45) is 0 Å². The Balaban J connectivity index is 1.66. The minimum Gasteiger partial charge on any atom is -0.486 e. The van der Waals surface area contributed by atoms with E-state index >= 15 is 0 Å². The van der Waals surface area contributed by atoms with Gasteiger partial charge in [0.15, 0.2) is 0 Å². The van der Waals surface area contributed by atoms with Crippen molar-refractivity contribution in [2.45, 2.75) is 20.0 Å². The highest BCUT2D eigenvalue weighted by atomic mass is 35.5. The SMILES string of the molecule is CCOC(=O)Cc1ccc(OCc2ccc3ccccc3n2)c(Cl)c1. The van der Waals surface area contributed by atoms with E-state index in [-0.39, 0.29) is 12.4 Å². The molecule has 3 rings (SSSR count). The van der Waals surface area contributed by atoms with E-state index in [4.69, 9.17) is 21.1 Å². The Bertz CT molecular complexity index is 895. The average Bonchev–Trinajstić information content (AvgIpc) is 2.61. The molecule has 4 nitrogen and oxygen atoms in total. The van der Waals surface area contributed by atoms with Gasteiger partial charge in [0.05, 0.1) is 29.3 Å². The largest absolute Gasteiger partial charge is 0.486 e. The highest BCUT2D eigenvalue weighted by Gasteiger charge is 2.08. The summed E-state index contributed by atoms with van der Waals surface area (Å²) in [6, 6.07) is 17.2. The summed E-state index contributed by atoms with van der Waals surface area (Å²) < 4.78 is 10.7. The molecule has 0 atom stereocenters. The van der Waals surface area contributed by atoms with Gasteiger partial charge in [0.2, 0.25) is 0 Å². The number of hydrogen-bond donors (Lipinski definition) is 0. The van der Waals surface area contributed by atoms with Gasteiger partial charge in [0.1, 0.15) is 12.4 Å². The maximum absolute atomic E-state index is 11.5. The van der Waals surface area contributed by atoms with Crippen LogP contribution in [0.1, 0.15) is 18.2 Å². The van der Waals surface area contributed by atoms with Gasteiger partial charge in [0, 0.05) is 5.39 Å². The predicted molar refractivity (Wildman–Crippen MR) is 97.9 cm³/mol. The zero-order chi connectivity index (χ0) is 17.6. The minimum atomic E-state index is -0.271. The van der Waals surface area contributed by atoms with Crippen LogP contribution in [0.25, 0.3) is 10.9 Å². The second kappa shape index (κ2) is 7.99. The van der Waals surface area contributed by atoms with Crippen LogP contribution in [0.5, 0.6) is 5.75 Å². The number of rotatable bonds is 6. The molecule has 0 unspecified atom stereocenters. The highest BCUT2D eigenvalue weighted by molar-refractivity contribution is 6.32. The first-order valence-corrected chi connectivity index (χ1v) is 8.45. The summed E-state index contributed by atoms with van der Waals surface area (Å²) >= 11 is 6.25. The van der Waals surface area contributed by atoms with Gasteiger partial charge >= 0.3 is 5.97 Å². The number of fused-ring (bicyclic) bond motifs is 1. The Morgan fingerprint density at radius 2 is 1.96 bits per heavy atom. The van der Waals surface area contributed by atoms with E-state index in [1.807, 2.05) is 42.5 Å². The molecule has 2 aromatic carbocycles. The number of carbonyl (C=O) groups excluding carboxylic acids is 1. The number of aromatic nitrogens is 1. The molecule has 0 radical (unpaired) electrons. The van der Waals surface area contributed by atoms with Crippen molar-refractivity contribution in [1.82, 2.24) is 4.98 Å². The molecular weight excluding hydrogens is 338 g/mol. The summed E-state index contributed by atoms with van der Waals surface area (Å²) in [6.07, 6.45) is 0.195. The van der Waals surface area contributed by atoms with E-state index in [1.54, 1.807) is 19.1 Å². The zero-order valence-electron chi connectivity index (χ0n) is 13.9. The van der Waals surface area contributed by atoms with Gasteiger partial charge in [-0.1, -0.05) is 41.9 Å². The Kier molecular flexibility index (Phi) is 5.51. The number of esters is 1. The lowest BCUT2D eigenvalue weighted by molar-refractivity contribution is -0.142. The van der Waals surface area contributed by atoms with Crippen LogP contribution < -0.4 is 4.74 Å². The number of carbonyl (C=O) groups is 1. The number of hydrogen-bond acceptors (Lipinski definition) is 4. The number of nitrogens with zero attached hydrogens (tertiary/aromatic N) is 1. The molecular formula is C20H18ClNO3. The number of ether oxygens (including phenoxy) is 2. The first-order chi connectivity index (χ1) is 12.2. The number of para-hydroxylation sites is 1. The standard InChI is InChI=1S/C20H18ClNO3/c1-2-24-20(23)12-14-7-10-19(17(21)11-14)25-13-16-9-8-15-5-3-4-6-18(15)22-16/h3-11H,2,12-13H2,1H3. The number of benzene rings is 2. The highest BCUT2D eigenvalue weighted by Crippen LogP contribution is 2.26. The fourth-order valence-electron chi connectivity index (χ4n) is 2.49. The smallest absolute Gasteiger partial charge is 0.310 e. The number of pyridine rings is 1. The van der Waals surface area contributed by atoms with Gasteiger partial charge in [-0.25, -0.2) is 4.98 Å². The minimum absolute atomic E-state index is 0.195. The second-order valence-electron chi connectivity index (χ2n) is 5.53. The van der Waals surface area contributed by atoms with E-state index in [0.717, 1.165) is 22.2 Å². The summed E-state index contributed by atoms with van der Waals surface area (Å²) in [5, 5.41) is 1.55. The molecule has 0 saturated carbocycles. The van der Waals surface area contributed by atoms with Crippen LogP contribution >= 0.6 is 11.6 Å². The fourth-order valence-corrected chi connectivity index (χ4v) is 2.75. The normalized spacial score (nSPS) is 10.6. The predicted octanol–water partition coefficient (Wildman–Crippen LogP) is 4.57. The third-order valence-electron chi connectivity index (χ3n) is 3.68. The first-order valence-electron chi connectivity index (χ1n) is 8.07. The quantitative estimate of drug-likeness (QED) is 0.607. The van der Waals surface area contributed by atoms with E-state index in [0.29, 0.717) is 24.0 Å². The molecule has 25 heavy (non-hydrogen) atoms. The molecule has 1 heterocycles. The first kappa shape index (κ1) is 17.2.